The van der Waals surface area contributed by atoms with Gasteiger partial charge in [-0.15, -0.1) is 0 Å². The van der Waals surface area contributed by atoms with Crippen LogP contribution in [0.5, 0.6) is 0 Å². The van der Waals surface area contributed by atoms with Crippen molar-refractivity contribution in [3.63, 3.8) is 0 Å². The van der Waals surface area contributed by atoms with Crippen LogP contribution < -0.4 is 10.5 Å². The molecule has 19 heavy (non-hydrogen) atoms. The van der Waals surface area contributed by atoms with Gasteiger partial charge in [0.2, 0.25) is 10.0 Å². The van der Waals surface area contributed by atoms with Gasteiger partial charge < -0.3 is 5.73 Å². The van der Waals surface area contributed by atoms with E-state index in [0.717, 1.165) is 17.5 Å². The molecular formula is C14H24N2O2S. The molecule has 0 aliphatic heterocycles. The highest BCUT2D eigenvalue weighted by molar-refractivity contribution is 7.89. The van der Waals surface area contributed by atoms with E-state index in [-0.39, 0.29) is 12.0 Å². The van der Waals surface area contributed by atoms with Gasteiger partial charge in [0.05, 0.1) is 4.90 Å². The van der Waals surface area contributed by atoms with Crippen LogP contribution in [0.15, 0.2) is 23.1 Å². The molecule has 3 N–H and O–H groups in total. The van der Waals surface area contributed by atoms with Crippen molar-refractivity contribution in [2.45, 2.75) is 51.6 Å². The van der Waals surface area contributed by atoms with Crippen molar-refractivity contribution in [3.05, 3.63) is 29.3 Å². The molecule has 0 aliphatic carbocycles. The second-order valence-corrected chi connectivity index (χ2v) is 6.89. The van der Waals surface area contributed by atoms with Crippen molar-refractivity contribution in [3.8, 4) is 0 Å². The lowest BCUT2D eigenvalue weighted by Gasteiger charge is -2.21. The lowest BCUT2D eigenvalue weighted by molar-refractivity contribution is 0.437. The highest BCUT2D eigenvalue weighted by Gasteiger charge is 2.21. The third kappa shape index (κ3) is 4.03. The molecule has 1 aromatic carbocycles. The van der Waals surface area contributed by atoms with Crippen LogP contribution >= 0.6 is 0 Å². The molecule has 0 saturated heterocycles. The number of sulfonamides is 1. The van der Waals surface area contributed by atoms with Gasteiger partial charge in [0.15, 0.2) is 0 Å². The molecule has 0 amide bonds. The quantitative estimate of drug-likeness (QED) is 0.841. The first-order valence-corrected chi connectivity index (χ1v) is 8.12. The predicted octanol–water partition coefficient (Wildman–Crippen LogP) is 2.17. The maximum atomic E-state index is 12.3. The summed E-state index contributed by atoms with van der Waals surface area (Å²) in [5.41, 5.74) is 7.46. The molecule has 0 aromatic heterocycles. The minimum absolute atomic E-state index is 0.0421. The summed E-state index contributed by atoms with van der Waals surface area (Å²) in [5.74, 6) is 0.268. The zero-order valence-corrected chi connectivity index (χ0v) is 12.9. The lowest BCUT2D eigenvalue weighted by atomic mass is 10.0. The molecule has 0 radical (unpaired) electrons. The second kappa shape index (κ2) is 6.50. The van der Waals surface area contributed by atoms with Gasteiger partial charge in [-0.2, -0.15) is 0 Å². The normalized spacial score (nSPS) is 13.8. The van der Waals surface area contributed by atoms with E-state index < -0.39 is 10.0 Å². The monoisotopic (exact) mass is 284 g/mol. The van der Waals surface area contributed by atoms with Crippen LogP contribution in [0, 0.1) is 12.8 Å². The summed E-state index contributed by atoms with van der Waals surface area (Å²) < 4.78 is 27.4. The largest absolute Gasteiger partial charge is 0.326 e. The van der Waals surface area contributed by atoms with Crippen molar-refractivity contribution >= 4 is 10.0 Å². The van der Waals surface area contributed by atoms with E-state index in [2.05, 4.69) is 4.72 Å². The Labute approximate surface area is 116 Å². The molecule has 4 nitrogen and oxygen atoms in total. The average molecular weight is 284 g/mol. The Hall–Kier alpha value is -0.910. The molecule has 0 bridgehead atoms. The van der Waals surface area contributed by atoms with Crippen molar-refractivity contribution in [1.29, 1.82) is 0 Å². The lowest BCUT2D eigenvalue weighted by Crippen LogP contribution is -2.38. The molecule has 0 spiro atoms. The zero-order valence-electron chi connectivity index (χ0n) is 12.1. The molecule has 0 fully saturated rings. The van der Waals surface area contributed by atoms with Gasteiger partial charge in [-0.05, 0) is 42.5 Å². The summed E-state index contributed by atoms with van der Waals surface area (Å²) in [6.45, 7) is 8.30. The van der Waals surface area contributed by atoms with E-state index >= 15 is 0 Å². The van der Waals surface area contributed by atoms with Gasteiger partial charge in [0.25, 0.3) is 0 Å². The van der Waals surface area contributed by atoms with Gasteiger partial charge in [0, 0.05) is 12.6 Å². The Kier molecular flexibility index (Phi) is 5.52. The Morgan fingerprint density at radius 1 is 1.32 bits per heavy atom. The molecule has 1 rings (SSSR count). The van der Waals surface area contributed by atoms with Gasteiger partial charge in [-0.1, -0.05) is 26.8 Å². The molecular weight excluding hydrogens is 260 g/mol. The first-order valence-electron chi connectivity index (χ1n) is 6.63. The van der Waals surface area contributed by atoms with Crippen LogP contribution in [0.1, 0.15) is 38.3 Å². The summed E-state index contributed by atoms with van der Waals surface area (Å²) in [4.78, 5) is 0.307. The van der Waals surface area contributed by atoms with Crippen LogP contribution in [0.4, 0.5) is 0 Å². The molecule has 5 heteroatoms. The first kappa shape index (κ1) is 16.1. The first-order chi connectivity index (χ1) is 8.81. The van der Waals surface area contributed by atoms with Gasteiger partial charge in [-0.25, -0.2) is 13.1 Å². The zero-order chi connectivity index (χ0) is 14.6. The van der Waals surface area contributed by atoms with E-state index in [1.807, 2.05) is 27.7 Å². The number of rotatable bonds is 6. The second-order valence-electron chi connectivity index (χ2n) is 5.17. The molecule has 0 saturated carbocycles. The van der Waals surface area contributed by atoms with E-state index in [0.29, 0.717) is 11.4 Å². The highest BCUT2D eigenvalue weighted by Crippen LogP contribution is 2.17. The molecule has 1 aromatic rings. The minimum atomic E-state index is -3.45. The predicted molar refractivity (Wildman–Crippen MR) is 78.3 cm³/mol. The maximum Gasteiger partial charge on any atom is 0.240 e. The summed E-state index contributed by atoms with van der Waals surface area (Å²) in [5, 5.41) is 0. The molecule has 0 heterocycles. The Morgan fingerprint density at radius 3 is 2.37 bits per heavy atom. The van der Waals surface area contributed by atoms with E-state index in [1.54, 1.807) is 18.2 Å². The Bertz CT molecular complexity index is 524. The van der Waals surface area contributed by atoms with Gasteiger partial charge >= 0.3 is 0 Å². The summed E-state index contributed by atoms with van der Waals surface area (Å²) in [6, 6.07) is 5.03. The van der Waals surface area contributed by atoms with Crippen molar-refractivity contribution in [1.82, 2.24) is 4.72 Å². The minimum Gasteiger partial charge on any atom is -0.326 e. The third-order valence-corrected chi connectivity index (χ3v) is 4.88. The number of benzene rings is 1. The van der Waals surface area contributed by atoms with E-state index in [4.69, 9.17) is 5.73 Å². The fourth-order valence-electron chi connectivity index (χ4n) is 2.02. The number of nitrogens with one attached hydrogen (secondary N) is 1. The molecule has 1 unspecified atom stereocenters. The molecule has 1 atom stereocenters. The van der Waals surface area contributed by atoms with Crippen LogP contribution in [-0.2, 0) is 16.6 Å². The Morgan fingerprint density at radius 2 is 1.95 bits per heavy atom. The Balaban J connectivity index is 3.03. The summed E-state index contributed by atoms with van der Waals surface area (Å²) >= 11 is 0. The van der Waals surface area contributed by atoms with Gasteiger partial charge in [-0.3, -0.25) is 0 Å². The van der Waals surface area contributed by atoms with E-state index in [1.165, 1.54) is 0 Å². The fraction of sp³-hybridized carbons (Fsp3) is 0.571. The third-order valence-electron chi connectivity index (χ3n) is 3.40. The van der Waals surface area contributed by atoms with E-state index in [9.17, 15) is 8.42 Å². The van der Waals surface area contributed by atoms with Crippen LogP contribution in [0.25, 0.3) is 0 Å². The van der Waals surface area contributed by atoms with Crippen molar-refractivity contribution < 1.29 is 8.42 Å². The number of nitrogens with two attached hydrogens (primary N) is 1. The fourth-order valence-corrected chi connectivity index (χ4v) is 3.58. The average Bonchev–Trinajstić information content (AvgIpc) is 2.35. The number of hydrogen-bond donors (Lipinski definition) is 2. The highest BCUT2D eigenvalue weighted by atomic mass is 32.2. The maximum absolute atomic E-state index is 12.3. The van der Waals surface area contributed by atoms with Crippen LogP contribution in [0.3, 0.4) is 0 Å². The van der Waals surface area contributed by atoms with Crippen molar-refractivity contribution in [2.75, 3.05) is 0 Å². The summed E-state index contributed by atoms with van der Waals surface area (Å²) in [6.07, 6.45) is 0.775. The SMILES string of the molecule is CCC(NS(=O)(=O)c1ccc(CN)c(C)c1)C(C)C. The number of aryl methyl sites for hydroxylation is 1. The van der Waals surface area contributed by atoms with Gasteiger partial charge in [0.1, 0.15) is 0 Å². The molecule has 108 valence electrons. The van der Waals surface area contributed by atoms with Crippen LogP contribution in [-0.4, -0.2) is 14.5 Å². The number of hydrogen-bond acceptors (Lipinski definition) is 3. The summed E-state index contributed by atoms with van der Waals surface area (Å²) in [7, 11) is -3.45. The smallest absolute Gasteiger partial charge is 0.240 e. The van der Waals surface area contributed by atoms with Crippen molar-refractivity contribution in [2.24, 2.45) is 11.7 Å². The standard InChI is InChI=1S/C14H24N2O2S/c1-5-14(10(2)3)16-19(17,18)13-7-6-12(9-15)11(4)8-13/h6-8,10,14,16H,5,9,15H2,1-4H3. The van der Waals surface area contributed by atoms with Crippen LogP contribution in [0.2, 0.25) is 0 Å². The topological polar surface area (TPSA) is 72.2 Å². The molecule has 0 aliphatic rings.